The first-order valence-electron chi connectivity index (χ1n) is 8.55. The Hall–Kier alpha value is -2.40. The molecule has 0 radical (unpaired) electrons. The molecule has 5 nitrogen and oxygen atoms in total. The zero-order valence-corrected chi connectivity index (χ0v) is 14.0. The first kappa shape index (κ1) is 16.5. The fourth-order valence-electron chi connectivity index (χ4n) is 3.21. The largest absolute Gasteiger partial charge is 0.340 e. The smallest absolute Gasteiger partial charge is 0.268 e. The molecule has 126 valence electrons. The lowest BCUT2D eigenvalue weighted by molar-refractivity contribution is -0.136. The molecule has 5 heteroatoms. The molecule has 1 fully saturated rings. The molecule has 1 saturated heterocycles. The number of amides is 1. The Balaban J connectivity index is 2.04. The van der Waals surface area contributed by atoms with Gasteiger partial charge in [-0.2, -0.15) is 0 Å². The molecule has 1 amide bonds. The number of likely N-dealkylation sites (tertiary alicyclic amines) is 1. The normalized spacial score (nSPS) is 16.6. The van der Waals surface area contributed by atoms with Gasteiger partial charge in [-0.3, -0.25) is 10.1 Å². The molecule has 1 unspecified atom stereocenters. The second kappa shape index (κ2) is 7.45. The Kier molecular flexibility index (Phi) is 5.11. The van der Waals surface area contributed by atoms with Gasteiger partial charge >= 0.3 is 0 Å². The minimum atomic E-state index is -1.01. The van der Waals surface area contributed by atoms with Crippen LogP contribution in [-0.2, 0) is 10.5 Å². The number of hydrogen-bond donors (Lipinski definition) is 2. The zero-order chi connectivity index (χ0) is 16.8. The average molecular weight is 324 g/mol. The van der Waals surface area contributed by atoms with Crippen molar-refractivity contribution in [2.45, 2.75) is 25.4 Å². The van der Waals surface area contributed by atoms with Gasteiger partial charge in [0.15, 0.2) is 5.66 Å². The predicted octanol–water partition coefficient (Wildman–Crippen LogP) is 2.58. The Morgan fingerprint density at radius 2 is 1.83 bits per heavy atom. The number of carbonyl (C=O) groups excluding carboxylic acids is 1. The third-order valence-corrected chi connectivity index (χ3v) is 4.34. The third kappa shape index (κ3) is 3.26. The Morgan fingerprint density at radius 3 is 2.46 bits per heavy atom. The summed E-state index contributed by atoms with van der Waals surface area (Å²) in [5.74, 6) is 0.730. The molecule has 2 N–H and O–H groups in total. The highest BCUT2D eigenvalue weighted by molar-refractivity contribution is 5.90. The molecular formula is C19H24N4O. The maximum Gasteiger partial charge on any atom is 0.268 e. The first-order chi connectivity index (χ1) is 11.8. The van der Waals surface area contributed by atoms with Gasteiger partial charge in [0, 0.05) is 24.8 Å². The van der Waals surface area contributed by atoms with E-state index in [1.807, 2.05) is 60.4 Å². The zero-order valence-electron chi connectivity index (χ0n) is 14.0. The number of rotatable bonds is 6. The standard InChI is InChI=1S/C19H24N4O/c1-2-21-19(16-10-4-3-5-11-16,18(24)23-14-8-9-15-23)22-17-12-6-7-13-20-17/h3-7,10-13,21H,2,8-9,14-15H2,1H3,(H,20,22). The van der Waals surface area contributed by atoms with Crippen LogP contribution < -0.4 is 10.6 Å². The molecule has 1 aromatic heterocycles. The summed E-state index contributed by atoms with van der Waals surface area (Å²) in [6.45, 7) is 4.29. The van der Waals surface area contributed by atoms with Gasteiger partial charge < -0.3 is 10.2 Å². The van der Waals surface area contributed by atoms with Gasteiger partial charge in [-0.1, -0.05) is 43.3 Å². The highest BCUT2D eigenvalue weighted by Crippen LogP contribution is 2.27. The van der Waals surface area contributed by atoms with Gasteiger partial charge in [0.05, 0.1) is 0 Å². The molecule has 0 bridgehead atoms. The molecule has 1 aromatic carbocycles. The van der Waals surface area contributed by atoms with Crippen molar-refractivity contribution in [3.05, 3.63) is 60.3 Å². The lowest BCUT2D eigenvalue weighted by atomic mass is 9.97. The van der Waals surface area contributed by atoms with E-state index in [1.54, 1.807) is 6.20 Å². The SMILES string of the molecule is CCNC(Nc1ccccn1)(C(=O)N1CCCC1)c1ccccc1. The summed E-state index contributed by atoms with van der Waals surface area (Å²) in [4.78, 5) is 19.7. The fourth-order valence-corrected chi connectivity index (χ4v) is 3.21. The monoisotopic (exact) mass is 324 g/mol. The van der Waals surface area contributed by atoms with Crippen molar-refractivity contribution in [2.75, 3.05) is 25.0 Å². The quantitative estimate of drug-likeness (QED) is 0.802. The second-order valence-electron chi connectivity index (χ2n) is 5.99. The summed E-state index contributed by atoms with van der Waals surface area (Å²) in [5, 5.41) is 6.77. The number of hydrogen-bond acceptors (Lipinski definition) is 4. The molecule has 2 heterocycles. The van der Waals surface area contributed by atoms with Crippen LogP contribution in [0.5, 0.6) is 0 Å². The van der Waals surface area contributed by atoms with Gasteiger partial charge in [-0.15, -0.1) is 0 Å². The number of carbonyl (C=O) groups is 1. The van der Waals surface area contributed by atoms with E-state index < -0.39 is 5.66 Å². The highest BCUT2D eigenvalue weighted by atomic mass is 16.2. The summed E-state index contributed by atoms with van der Waals surface area (Å²) in [7, 11) is 0. The van der Waals surface area contributed by atoms with E-state index in [9.17, 15) is 4.79 Å². The van der Waals surface area contributed by atoms with Gasteiger partial charge in [0.2, 0.25) is 0 Å². The summed E-state index contributed by atoms with van der Waals surface area (Å²) >= 11 is 0. The number of nitrogens with zero attached hydrogens (tertiary/aromatic N) is 2. The van der Waals surface area contributed by atoms with Crippen LogP contribution >= 0.6 is 0 Å². The first-order valence-corrected chi connectivity index (χ1v) is 8.55. The van der Waals surface area contributed by atoms with Crippen molar-refractivity contribution in [1.29, 1.82) is 0 Å². The third-order valence-electron chi connectivity index (χ3n) is 4.34. The maximum atomic E-state index is 13.4. The van der Waals surface area contributed by atoms with Gasteiger partial charge in [-0.25, -0.2) is 4.98 Å². The molecule has 24 heavy (non-hydrogen) atoms. The van der Waals surface area contributed by atoms with Crippen LogP contribution in [0, 0.1) is 0 Å². The highest BCUT2D eigenvalue weighted by Gasteiger charge is 2.43. The van der Waals surface area contributed by atoms with Crippen molar-refractivity contribution in [1.82, 2.24) is 15.2 Å². The summed E-state index contributed by atoms with van der Waals surface area (Å²) < 4.78 is 0. The Labute approximate surface area is 143 Å². The van der Waals surface area contributed by atoms with E-state index in [0.29, 0.717) is 12.4 Å². The minimum absolute atomic E-state index is 0.0544. The summed E-state index contributed by atoms with van der Waals surface area (Å²) in [6.07, 6.45) is 3.85. The Bertz CT molecular complexity index is 656. The van der Waals surface area contributed by atoms with Crippen molar-refractivity contribution >= 4 is 11.7 Å². The summed E-state index contributed by atoms with van der Waals surface area (Å²) in [5.41, 5.74) is -0.108. The van der Waals surface area contributed by atoms with Gasteiger partial charge in [-0.05, 0) is 31.5 Å². The van der Waals surface area contributed by atoms with Crippen molar-refractivity contribution in [3.8, 4) is 0 Å². The molecule has 1 aliphatic heterocycles. The molecule has 0 spiro atoms. The van der Waals surface area contributed by atoms with Crippen LogP contribution in [0.1, 0.15) is 25.3 Å². The molecule has 1 atom stereocenters. The molecule has 3 rings (SSSR count). The number of anilines is 1. The van der Waals surface area contributed by atoms with Crippen LogP contribution in [0.4, 0.5) is 5.82 Å². The van der Waals surface area contributed by atoms with Crippen molar-refractivity contribution in [2.24, 2.45) is 0 Å². The lowest BCUT2D eigenvalue weighted by Gasteiger charge is -2.38. The molecule has 1 aliphatic rings. The van der Waals surface area contributed by atoms with Crippen LogP contribution in [0.2, 0.25) is 0 Å². The average Bonchev–Trinajstić information content (AvgIpc) is 3.17. The molecule has 0 aliphatic carbocycles. The van der Waals surface area contributed by atoms with Gasteiger partial charge in [0.1, 0.15) is 5.82 Å². The van der Waals surface area contributed by atoms with Crippen molar-refractivity contribution in [3.63, 3.8) is 0 Å². The van der Waals surface area contributed by atoms with E-state index in [2.05, 4.69) is 15.6 Å². The minimum Gasteiger partial charge on any atom is -0.340 e. The van der Waals surface area contributed by atoms with Crippen molar-refractivity contribution < 1.29 is 4.79 Å². The molecule has 2 aromatic rings. The van der Waals surface area contributed by atoms with Crippen LogP contribution in [-0.4, -0.2) is 35.4 Å². The topological polar surface area (TPSA) is 57.3 Å². The van der Waals surface area contributed by atoms with Crippen LogP contribution in [0.3, 0.4) is 0 Å². The predicted molar refractivity (Wildman–Crippen MR) is 95.5 cm³/mol. The maximum absolute atomic E-state index is 13.4. The lowest BCUT2D eigenvalue weighted by Crippen LogP contribution is -2.60. The number of nitrogens with one attached hydrogen (secondary N) is 2. The van der Waals surface area contributed by atoms with E-state index in [4.69, 9.17) is 0 Å². The van der Waals surface area contributed by atoms with E-state index in [0.717, 1.165) is 31.5 Å². The number of likely N-dealkylation sites (N-methyl/N-ethyl adjacent to an activating group) is 1. The number of benzene rings is 1. The molecular weight excluding hydrogens is 300 g/mol. The van der Waals surface area contributed by atoms with E-state index in [-0.39, 0.29) is 5.91 Å². The molecule has 0 saturated carbocycles. The van der Waals surface area contributed by atoms with Crippen LogP contribution in [0.15, 0.2) is 54.7 Å². The van der Waals surface area contributed by atoms with E-state index in [1.165, 1.54) is 0 Å². The fraction of sp³-hybridized carbons (Fsp3) is 0.368. The second-order valence-corrected chi connectivity index (χ2v) is 5.99. The van der Waals surface area contributed by atoms with E-state index >= 15 is 0 Å². The summed E-state index contributed by atoms with van der Waals surface area (Å²) in [6, 6.07) is 15.5. The number of aromatic nitrogens is 1. The van der Waals surface area contributed by atoms with Crippen LogP contribution in [0.25, 0.3) is 0 Å². The number of pyridine rings is 1. The van der Waals surface area contributed by atoms with Gasteiger partial charge in [0.25, 0.3) is 5.91 Å². The Morgan fingerprint density at radius 1 is 1.12 bits per heavy atom.